The van der Waals surface area contributed by atoms with Crippen molar-refractivity contribution in [2.24, 2.45) is 11.8 Å². The van der Waals surface area contributed by atoms with Crippen LogP contribution in [-0.4, -0.2) is 76.2 Å². The number of likely N-dealkylation sites (tertiary alicyclic amines) is 1. The van der Waals surface area contributed by atoms with Crippen LogP contribution in [0, 0.1) is 17.7 Å². The Bertz CT molecular complexity index is 1190. The van der Waals surface area contributed by atoms with Crippen molar-refractivity contribution in [3.05, 3.63) is 75.5 Å². The number of pyridine rings is 1. The number of allylic oxidation sites excluding steroid dienone is 1. The second-order valence-corrected chi connectivity index (χ2v) is 9.92. The topological polar surface area (TPSA) is 69.0 Å². The monoisotopic (exact) mass is 480 g/mol. The number of hydrogen-bond donors (Lipinski definition) is 1. The Morgan fingerprint density at radius 2 is 1.89 bits per heavy atom. The van der Waals surface area contributed by atoms with Gasteiger partial charge >= 0.3 is 0 Å². The third-order valence-corrected chi connectivity index (χ3v) is 7.95. The number of carbonyl (C=O) groups excluding carboxylic acids is 1. The predicted molar refractivity (Wildman–Crippen MR) is 132 cm³/mol. The molecule has 0 saturated carbocycles. The number of aliphatic hydroxyl groups is 1. The number of aromatic nitrogens is 1. The van der Waals surface area contributed by atoms with Gasteiger partial charge < -0.3 is 19.5 Å². The zero-order valence-electron chi connectivity index (χ0n) is 20.3. The lowest BCUT2D eigenvalue weighted by molar-refractivity contribution is -0.140. The molecular formula is C27H33FN4O3. The van der Waals surface area contributed by atoms with Crippen LogP contribution in [0.3, 0.4) is 0 Å². The number of fused-ring (bicyclic) bond motifs is 3. The van der Waals surface area contributed by atoms with Crippen molar-refractivity contribution in [1.82, 2.24) is 19.3 Å². The Morgan fingerprint density at radius 3 is 2.57 bits per heavy atom. The molecule has 0 radical (unpaired) electrons. The van der Waals surface area contributed by atoms with Crippen molar-refractivity contribution >= 4 is 12.0 Å². The molecule has 1 aromatic heterocycles. The molecule has 0 aliphatic carbocycles. The van der Waals surface area contributed by atoms with E-state index in [2.05, 4.69) is 4.90 Å². The highest BCUT2D eigenvalue weighted by Crippen LogP contribution is 2.50. The van der Waals surface area contributed by atoms with Gasteiger partial charge in [0.05, 0.1) is 12.1 Å². The Balaban J connectivity index is 1.57. The first-order valence-electron chi connectivity index (χ1n) is 12.4. The first-order chi connectivity index (χ1) is 16.9. The smallest absolute Gasteiger partial charge is 0.258 e. The maximum absolute atomic E-state index is 14.7. The number of nitrogens with zero attached hydrogens (tertiary/aromatic N) is 4. The minimum Gasteiger partial charge on any atom is -0.396 e. The van der Waals surface area contributed by atoms with Gasteiger partial charge in [-0.25, -0.2) is 4.39 Å². The van der Waals surface area contributed by atoms with Crippen LogP contribution in [0.2, 0.25) is 0 Å². The van der Waals surface area contributed by atoms with Gasteiger partial charge in [0.15, 0.2) is 0 Å². The molecule has 2 saturated heterocycles. The van der Waals surface area contributed by atoms with Gasteiger partial charge in [0.1, 0.15) is 5.82 Å². The highest BCUT2D eigenvalue weighted by atomic mass is 19.1. The summed E-state index contributed by atoms with van der Waals surface area (Å²) in [5, 5.41) is 10.5. The summed E-state index contributed by atoms with van der Waals surface area (Å²) in [6.45, 7) is 5.26. The van der Waals surface area contributed by atoms with Crippen LogP contribution in [0.4, 0.5) is 4.39 Å². The Hall–Kier alpha value is -2.81. The van der Waals surface area contributed by atoms with Crippen molar-refractivity contribution in [3.63, 3.8) is 0 Å². The van der Waals surface area contributed by atoms with Crippen LogP contribution in [0.25, 0.3) is 6.08 Å². The highest BCUT2D eigenvalue weighted by Gasteiger charge is 2.56. The van der Waals surface area contributed by atoms with Crippen molar-refractivity contribution < 1.29 is 14.3 Å². The molecule has 0 bridgehead atoms. The minimum absolute atomic E-state index is 0.0117. The zero-order valence-corrected chi connectivity index (χ0v) is 20.3. The maximum atomic E-state index is 14.7. The van der Waals surface area contributed by atoms with E-state index >= 15 is 0 Å². The third-order valence-electron chi connectivity index (χ3n) is 7.95. The molecule has 7 nitrogen and oxygen atoms in total. The number of rotatable bonds is 5. The molecule has 1 N–H and O–H groups in total. The summed E-state index contributed by atoms with van der Waals surface area (Å²) in [6, 6.07) is 9.57. The average molecular weight is 481 g/mol. The van der Waals surface area contributed by atoms with Gasteiger partial charge in [-0.2, -0.15) is 0 Å². The molecule has 186 valence electrons. The summed E-state index contributed by atoms with van der Waals surface area (Å²) >= 11 is 0. The molecule has 5 rings (SSSR count). The summed E-state index contributed by atoms with van der Waals surface area (Å²) in [4.78, 5) is 33.2. The number of amides is 1. The predicted octanol–water partition coefficient (Wildman–Crippen LogP) is 1.96. The number of likely N-dealkylation sites (N-methyl/N-ethyl adjacent to an activating group) is 1. The summed E-state index contributed by atoms with van der Waals surface area (Å²) < 4.78 is 16.5. The quantitative estimate of drug-likeness (QED) is 0.709. The SMILES string of the molecule is C/C=C\c1ccc2n(c1=O)C[C@@H]1[C@@H](CO)[C@H](C(=O)N3CCN(C)CC3)N(Cc3ccccc3F)[C@H]21. The van der Waals surface area contributed by atoms with Gasteiger partial charge in [-0.05, 0) is 32.2 Å². The van der Waals surface area contributed by atoms with Gasteiger partial charge in [0.2, 0.25) is 5.91 Å². The minimum atomic E-state index is -0.572. The van der Waals surface area contributed by atoms with Gasteiger partial charge in [0.25, 0.3) is 5.56 Å². The number of halogens is 1. The van der Waals surface area contributed by atoms with Crippen LogP contribution < -0.4 is 5.56 Å². The molecule has 0 spiro atoms. The maximum Gasteiger partial charge on any atom is 0.258 e. The van der Waals surface area contributed by atoms with Crippen molar-refractivity contribution in [1.29, 1.82) is 0 Å². The van der Waals surface area contributed by atoms with E-state index in [4.69, 9.17) is 0 Å². The van der Waals surface area contributed by atoms with E-state index in [1.807, 2.05) is 42.0 Å². The number of benzene rings is 1. The molecule has 4 heterocycles. The summed E-state index contributed by atoms with van der Waals surface area (Å²) in [6.07, 6.45) is 3.63. The van der Waals surface area contributed by atoms with E-state index in [-0.39, 0.29) is 48.3 Å². The lowest BCUT2D eigenvalue weighted by Crippen LogP contribution is -2.55. The Morgan fingerprint density at radius 1 is 1.14 bits per heavy atom. The van der Waals surface area contributed by atoms with E-state index in [9.17, 15) is 19.1 Å². The van der Waals surface area contributed by atoms with E-state index in [1.165, 1.54) is 6.07 Å². The van der Waals surface area contributed by atoms with Crippen LogP contribution >= 0.6 is 0 Å². The van der Waals surface area contributed by atoms with Gasteiger partial charge in [-0.1, -0.05) is 30.4 Å². The van der Waals surface area contributed by atoms with Crippen LogP contribution in [0.15, 0.2) is 47.3 Å². The lowest BCUT2D eigenvalue weighted by atomic mass is 9.88. The highest BCUT2D eigenvalue weighted by molar-refractivity contribution is 5.83. The van der Waals surface area contributed by atoms with Crippen molar-refractivity contribution in [3.8, 4) is 0 Å². The molecule has 2 aromatic rings. The fourth-order valence-corrected chi connectivity index (χ4v) is 6.13. The van der Waals surface area contributed by atoms with Crippen LogP contribution in [0.5, 0.6) is 0 Å². The molecule has 3 aliphatic heterocycles. The number of aliphatic hydroxyl groups excluding tert-OH is 1. The van der Waals surface area contributed by atoms with E-state index in [1.54, 1.807) is 28.8 Å². The van der Waals surface area contributed by atoms with E-state index < -0.39 is 6.04 Å². The lowest BCUT2D eigenvalue weighted by Gasteiger charge is -2.38. The molecule has 4 atom stereocenters. The average Bonchev–Trinajstić information content (AvgIpc) is 3.38. The second kappa shape index (κ2) is 9.68. The molecule has 0 unspecified atom stereocenters. The van der Waals surface area contributed by atoms with Crippen LogP contribution in [0.1, 0.15) is 29.8 Å². The first-order valence-corrected chi connectivity index (χ1v) is 12.4. The van der Waals surface area contributed by atoms with Gasteiger partial charge in [-0.3, -0.25) is 14.5 Å². The third kappa shape index (κ3) is 4.13. The zero-order chi connectivity index (χ0) is 24.7. The van der Waals surface area contributed by atoms with Crippen LogP contribution in [-0.2, 0) is 17.9 Å². The number of hydrogen-bond acceptors (Lipinski definition) is 5. The van der Waals surface area contributed by atoms with E-state index in [0.29, 0.717) is 30.8 Å². The molecule has 1 amide bonds. The van der Waals surface area contributed by atoms with E-state index in [0.717, 1.165) is 18.8 Å². The molecule has 3 aliphatic rings. The summed E-state index contributed by atoms with van der Waals surface area (Å²) in [5.41, 5.74) is 1.88. The standard InChI is InChI=1S/C27H33FN4O3/c1-3-6-18-9-10-23-24-20(16-31(23)26(18)34)21(17-33)25(27(35)30-13-11-29(2)12-14-30)32(24)15-19-7-4-5-8-22(19)28/h3-10,20-21,24-25,33H,11-17H2,1-2H3/b6-3-/t20-,21-,24+,25-/m1/s1. The normalized spacial score (nSPS) is 26.9. The Labute approximate surface area is 205 Å². The molecule has 8 heteroatoms. The summed E-state index contributed by atoms with van der Waals surface area (Å²) in [5.74, 6) is -0.784. The first kappa shape index (κ1) is 23.9. The number of carbonyl (C=O) groups is 1. The van der Waals surface area contributed by atoms with Crippen molar-refractivity contribution in [2.45, 2.75) is 32.1 Å². The molecular weight excluding hydrogens is 447 g/mol. The molecule has 2 fully saturated rings. The largest absolute Gasteiger partial charge is 0.396 e. The Kier molecular flexibility index (Phi) is 6.61. The molecule has 1 aromatic carbocycles. The fourth-order valence-electron chi connectivity index (χ4n) is 6.13. The van der Waals surface area contributed by atoms with Crippen molar-refractivity contribution in [2.75, 3.05) is 39.8 Å². The van der Waals surface area contributed by atoms with Gasteiger partial charge in [-0.15, -0.1) is 0 Å². The molecule has 35 heavy (non-hydrogen) atoms. The van der Waals surface area contributed by atoms with Gasteiger partial charge in [0, 0.05) is 74.5 Å². The second-order valence-electron chi connectivity index (χ2n) is 9.92. The number of piperazine rings is 1. The summed E-state index contributed by atoms with van der Waals surface area (Å²) in [7, 11) is 2.04. The fraction of sp³-hybridized carbons (Fsp3) is 0.481.